The SMILES string of the molecule is Cc1cocc1-c1cncc(=O)[nH]1. The van der Waals surface area contributed by atoms with Gasteiger partial charge in [-0.25, -0.2) is 0 Å². The van der Waals surface area contributed by atoms with Gasteiger partial charge in [-0.1, -0.05) is 0 Å². The number of aromatic amines is 1. The van der Waals surface area contributed by atoms with E-state index < -0.39 is 0 Å². The van der Waals surface area contributed by atoms with Gasteiger partial charge in [-0.2, -0.15) is 0 Å². The minimum Gasteiger partial charge on any atom is -0.472 e. The molecule has 0 aliphatic carbocycles. The topological polar surface area (TPSA) is 58.9 Å². The summed E-state index contributed by atoms with van der Waals surface area (Å²) < 4.78 is 4.99. The molecule has 0 aliphatic heterocycles. The Morgan fingerprint density at radius 2 is 2.23 bits per heavy atom. The first-order valence-electron chi connectivity index (χ1n) is 3.85. The Kier molecular flexibility index (Phi) is 1.73. The van der Waals surface area contributed by atoms with Crippen molar-refractivity contribution in [1.29, 1.82) is 0 Å². The predicted molar refractivity (Wildman–Crippen MR) is 47.3 cm³/mol. The summed E-state index contributed by atoms with van der Waals surface area (Å²) in [6, 6.07) is 0. The number of H-pyrrole nitrogens is 1. The second kappa shape index (κ2) is 2.90. The summed E-state index contributed by atoms with van der Waals surface area (Å²) >= 11 is 0. The summed E-state index contributed by atoms with van der Waals surface area (Å²) in [7, 11) is 0. The second-order valence-corrected chi connectivity index (χ2v) is 2.78. The molecule has 4 nitrogen and oxygen atoms in total. The molecule has 0 bridgehead atoms. The molecule has 66 valence electrons. The van der Waals surface area contributed by atoms with Crippen molar-refractivity contribution >= 4 is 0 Å². The number of nitrogens with one attached hydrogen (secondary N) is 1. The van der Waals surface area contributed by atoms with Crippen LogP contribution in [0.5, 0.6) is 0 Å². The number of hydrogen-bond acceptors (Lipinski definition) is 3. The van der Waals surface area contributed by atoms with Crippen LogP contribution in [-0.2, 0) is 0 Å². The Labute approximate surface area is 74.2 Å². The fraction of sp³-hybridized carbons (Fsp3) is 0.111. The Hall–Kier alpha value is -1.84. The van der Waals surface area contributed by atoms with Crippen molar-refractivity contribution < 1.29 is 4.42 Å². The first kappa shape index (κ1) is 7.79. The first-order chi connectivity index (χ1) is 6.27. The Balaban J connectivity index is 2.59. The van der Waals surface area contributed by atoms with Gasteiger partial charge in [-0.05, 0) is 12.5 Å². The molecule has 13 heavy (non-hydrogen) atoms. The number of furan rings is 1. The third-order valence-corrected chi connectivity index (χ3v) is 1.80. The lowest BCUT2D eigenvalue weighted by molar-refractivity contribution is 0.566. The minimum absolute atomic E-state index is 0.210. The smallest absolute Gasteiger partial charge is 0.266 e. The highest BCUT2D eigenvalue weighted by molar-refractivity contribution is 5.60. The highest BCUT2D eigenvalue weighted by Gasteiger charge is 2.04. The zero-order valence-electron chi connectivity index (χ0n) is 7.07. The van der Waals surface area contributed by atoms with Crippen molar-refractivity contribution in [3.05, 3.63) is 40.8 Å². The lowest BCUT2D eigenvalue weighted by Crippen LogP contribution is -2.05. The molecule has 4 heteroatoms. The average molecular weight is 176 g/mol. The molecule has 0 saturated carbocycles. The third-order valence-electron chi connectivity index (χ3n) is 1.80. The predicted octanol–water partition coefficient (Wildman–Crippen LogP) is 1.34. The normalized spacial score (nSPS) is 10.2. The van der Waals surface area contributed by atoms with Crippen LogP contribution < -0.4 is 5.56 Å². The fourth-order valence-corrected chi connectivity index (χ4v) is 1.15. The van der Waals surface area contributed by atoms with E-state index in [0.717, 1.165) is 11.1 Å². The van der Waals surface area contributed by atoms with Crippen LogP contribution in [0.3, 0.4) is 0 Å². The minimum atomic E-state index is -0.210. The fourth-order valence-electron chi connectivity index (χ4n) is 1.15. The van der Waals surface area contributed by atoms with E-state index in [2.05, 4.69) is 9.97 Å². The monoisotopic (exact) mass is 176 g/mol. The van der Waals surface area contributed by atoms with Crippen LogP contribution in [0.1, 0.15) is 5.56 Å². The maximum absolute atomic E-state index is 10.9. The van der Waals surface area contributed by atoms with E-state index in [1.165, 1.54) is 6.20 Å². The molecule has 2 aromatic rings. The van der Waals surface area contributed by atoms with Crippen LogP contribution in [-0.4, -0.2) is 9.97 Å². The van der Waals surface area contributed by atoms with Crippen LogP contribution in [0, 0.1) is 6.92 Å². The molecule has 0 fully saturated rings. The molecule has 0 amide bonds. The summed E-state index contributed by atoms with van der Waals surface area (Å²) in [6.45, 7) is 1.91. The number of aryl methyl sites for hydroxylation is 1. The highest BCUT2D eigenvalue weighted by atomic mass is 16.3. The van der Waals surface area contributed by atoms with Crippen molar-refractivity contribution in [1.82, 2.24) is 9.97 Å². The first-order valence-corrected chi connectivity index (χ1v) is 3.85. The van der Waals surface area contributed by atoms with Gasteiger partial charge in [0.2, 0.25) is 0 Å². The highest BCUT2D eigenvalue weighted by Crippen LogP contribution is 2.19. The summed E-state index contributed by atoms with van der Waals surface area (Å²) in [5, 5.41) is 0. The molecule has 2 heterocycles. The number of hydrogen-bond donors (Lipinski definition) is 1. The zero-order valence-corrected chi connectivity index (χ0v) is 7.07. The molecule has 0 radical (unpaired) electrons. The zero-order chi connectivity index (χ0) is 9.26. The molecule has 1 N–H and O–H groups in total. The van der Waals surface area contributed by atoms with E-state index in [-0.39, 0.29) is 5.56 Å². The van der Waals surface area contributed by atoms with Crippen molar-refractivity contribution in [3.63, 3.8) is 0 Å². The van der Waals surface area contributed by atoms with Crippen LogP contribution >= 0.6 is 0 Å². The van der Waals surface area contributed by atoms with Gasteiger partial charge in [0, 0.05) is 5.56 Å². The van der Waals surface area contributed by atoms with Crippen molar-refractivity contribution in [2.75, 3.05) is 0 Å². The molecule has 0 saturated heterocycles. The summed E-state index contributed by atoms with van der Waals surface area (Å²) in [4.78, 5) is 17.4. The lowest BCUT2D eigenvalue weighted by atomic mass is 10.2. The molecule has 0 aromatic carbocycles. The van der Waals surface area contributed by atoms with E-state index in [0.29, 0.717) is 5.69 Å². The molecule has 2 rings (SSSR count). The largest absolute Gasteiger partial charge is 0.472 e. The van der Waals surface area contributed by atoms with Gasteiger partial charge in [0.05, 0.1) is 30.6 Å². The van der Waals surface area contributed by atoms with Gasteiger partial charge in [0.15, 0.2) is 0 Å². The van der Waals surface area contributed by atoms with Crippen molar-refractivity contribution in [2.45, 2.75) is 6.92 Å². The molecular formula is C9H8N2O2. The van der Waals surface area contributed by atoms with E-state index in [1.807, 2.05) is 6.92 Å². The average Bonchev–Trinajstić information content (AvgIpc) is 2.51. The van der Waals surface area contributed by atoms with E-state index in [1.54, 1.807) is 18.7 Å². The standard InChI is InChI=1S/C9H8N2O2/c1-6-4-13-5-7(6)8-2-10-3-9(12)11-8/h2-5H,1H3,(H,11,12). The number of aromatic nitrogens is 2. The van der Waals surface area contributed by atoms with Gasteiger partial charge in [0.1, 0.15) is 0 Å². The van der Waals surface area contributed by atoms with Gasteiger partial charge >= 0.3 is 0 Å². The van der Waals surface area contributed by atoms with Crippen LogP contribution in [0.2, 0.25) is 0 Å². The van der Waals surface area contributed by atoms with Gasteiger partial charge in [-0.15, -0.1) is 0 Å². The van der Waals surface area contributed by atoms with E-state index in [4.69, 9.17) is 4.42 Å². The lowest BCUT2D eigenvalue weighted by Gasteiger charge is -1.95. The molecule has 0 unspecified atom stereocenters. The van der Waals surface area contributed by atoms with Crippen LogP contribution in [0.15, 0.2) is 34.1 Å². The maximum atomic E-state index is 10.9. The quantitative estimate of drug-likeness (QED) is 0.713. The molecule has 0 atom stereocenters. The Morgan fingerprint density at radius 3 is 2.85 bits per heavy atom. The molecular weight excluding hydrogens is 168 g/mol. The van der Waals surface area contributed by atoms with Crippen molar-refractivity contribution in [2.24, 2.45) is 0 Å². The van der Waals surface area contributed by atoms with Crippen molar-refractivity contribution in [3.8, 4) is 11.3 Å². The molecule has 0 aliphatic rings. The van der Waals surface area contributed by atoms with E-state index in [9.17, 15) is 4.79 Å². The van der Waals surface area contributed by atoms with Gasteiger partial charge in [-0.3, -0.25) is 9.78 Å². The number of rotatable bonds is 1. The van der Waals surface area contributed by atoms with Crippen LogP contribution in [0.4, 0.5) is 0 Å². The third kappa shape index (κ3) is 1.38. The molecule has 0 spiro atoms. The molecule has 2 aromatic heterocycles. The Bertz CT molecular complexity index is 470. The van der Waals surface area contributed by atoms with Gasteiger partial charge < -0.3 is 9.40 Å². The van der Waals surface area contributed by atoms with Gasteiger partial charge in [0.25, 0.3) is 5.56 Å². The maximum Gasteiger partial charge on any atom is 0.266 e. The summed E-state index contributed by atoms with van der Waals surface area (Å²) in [6.07, 6.45) is 6.04. The summed E-state index contributed by atoms with van der Waals surface area (Å²) in [5.41, 5.74) is 2.31. The second-order valence-electron chi connectivity index (χ2n) is 2.78. The summed E-state index contributed by atoms with van der Waals surface area (Å²) in [5.74, 6) is 0. The number of nitrogens with zero attached hydrogens (tertiary/aromatic N) is 1. The van der Waals surface area contributed by atoms with Crippen LogP contribution in [0.25, 0.3) is 11.3 Å². The van der Waals surface area contributed by atoms with E-state index >= 15 is 0 Å². The Morgan fingerprint density at radius 1 is 1.38 bits per heavy atom.